The number of nitrogens with one attached hydrogen (secondary N) is 1. The standard InChI is InChI=1S/C21H17BrN2O3/c1-3-10-27-20-9-6-16(12-19(20)22)11-17(13-23)21(25)24-14-15-4-7-18(26-2)8-5-15/h1,4-9,11-12H,10,14H2,2H3,(H,24,25)/b17-11-. The molecular weight excluding hydrogens is 408 g/mol. The average molecular weight is 425 g/mol. The minimum Gasteiger partial charge on any atom is -0.497 e. The van der Waals surface area contributed by atoms with Gasteiger partial charge in [-0.1, -0.05) is 24.1 Å². The van der Waals surface area contributed by atoms with Gasteiger partial charge in [-0.15, -0.1) is 6.42 Å². The Kier molecular flexibility index (Phi) is 7.49. The summed E-state index contributed by atoms with van der Waals surface area (Å²) in [6, 6.07) is 14.5. The van der Waals surface area contributed by atoms with Crippen LogP contribution in [0.15, 0.2) is 52.5 Å². The molecule has 0 saturated heterocycles. The normalized spacial score (nSPS) is 10.4. The second-order valence-electron chi connectivity index (χ2n) is 5.38. The number of nitriles is 1. The van der Waals surface area contributed by atoms with Gasteiger partial charge in [0.15, 0.2) is 0 Å². The van der Waals surface area contributed by atoms with Gasteiger partial charge in [0.1, 0.15) is 29.7 Å². The third-order valence-electron chi connectivity index (χ3n) is 3.56. The van der Waals surface area contributed by atoms with E-state index in [-0.39, 0.29) is 12.2 Å². The van der Waals surface area contributed by atoms with Crippen molar-refractivity contribution in [3.63, 3.8) is 0 Å². The molecule has 0 atom stereocenters. The summed E-state index contributed by atoms with van der Waals surface area (Å²) in [5.74, 6) is 3.27. The molecule has 0 aliphatic rings. The van der Waals surface area contributed by atoms with E-state index < -0.39 is 5.91 Å². The fraction of sp³-hybridized carbons (Fsp3) is 0.143. The molecule has 0 radical (unpaired) electrons. The zero-order chi connectivity index (χ0) is 19.6. The predicted octanol–water partition coefficient (Wildman–Crippen LogP) is 3.69. The predicted molar refractivity (Wildman–Crippen MR) is 107 cm³/mol. The van der Waals surface area contributed by atoms with E-state index in [2.05, 4.69) is 27.2 Å². The van der Waals surface area contributed by atoms with E-state index in [0.717, 1.165) is 11.3 Å². The first-order valence-electron chi connectivity index (χ1n) is 7.96. The number of ether oxygens (including phenoxy) is 2. The summed E-state index contributed by atoms with van der Waals surface area (Å²) in [7, 11) is 1.59. The number of methoxy groups -OCH3 is 1. The van der Waals surface area contributed by atoms with Crippen molar-refractivity contribution in [2.24, 2.45) is 0 Å². The highest BCUT2D eigenvalue weighted by molar-refractivity contribution is 9.10. The third kappa shape index (κ3) is 5.91. The van der Waals surface area contributed by atoms with Gasteiger partial charge in [-0.05, 0) is 57.4 Å². The number of hydrogen-bond acceptors (Lipinski definition) is 4. The van der Waals surface area contributed by atoms with Crippen LogP contribution in [0.5, 0.6) is 11.5 Å². The van der Waals surface area contributed by atoms with Crippen LogP contribution < -0.4 is 14.8 Å². The van der Waals surface area contributed by atoms with Gasteiger partial charge in [-0.3, -0.25) is 4.79 Å². The summed E-state index contributed by atoms with van der Waals surface area (Å²) in [6.45, 7) is 0.468. The van der Waals surface area contributed by atoms with Crippen LogP contribution in [0.1, 0.15) is 11.1 Å². The molecule has 0 bridgehead atoms. The molecule has 136 valence electrons. The van der Waals surface area contributed by atoms with Crippen molar-refractivity contribution in [1.82, 2.24) is 5.32 Å². The maximum atomic E-state index is 12.3. The number of amides is 1. The number of halogens is 1. The highest BCUT2D eigenvalue weighted by Crippen LogP contribution is 2.27. The molecule has 1 amide bonds. The second kappa shape index (κ2) is 10.1. The van der Waals surface area contributed by atoms with Gasteiger partial charge >= 0.3 is 0 Å². The lowest BCUT2D eigenvalue weighted by Gasteiger charge is -2.07. The minimum atomic E-state index is -0.447. The number of carbonyl (C=O) groups excluding carboxylic acids is 1. The number of rotatable bonds is 7. The van der Waals surface area contributed by atoms with Gasteiger partial charge in [-0.2, -0.15) is 5.26 Å². The van der Waals surface area contributed by atoms with Gasteiger partial charge in [-0.25, -0.2) is 0 Å². The van der Waals surface area contributed by atoms with Gasteiger partial charge in [0, 0.05) is 6.54 Å². The summed E-state index contributed by atoms with van der Waals surface area (Å²) in [4.78, 5) is 12.3. The fourth-order valence-corrected chi connectivity index (χ4v) is 2.69. The Morgan fingerprint density at radius 2 is 2.04 bits per heavy atom. The Balaban J connectivity index is 2.06. The molecule has 5 nitrogen and oxygen atoms in total. The van der Waals surface area contributed by atoms with Crippen LogP contribution in [0.25, 0.3) is 6.08 Å². The number of benzene rings is 2. The van der Waals surface area contributed by atoms with Crippen molar-refractivity contribution in [1.29, 1.82) is 5.26 Å². The van der Waals surface area contributed by atoms with Gasteiger partial charge in [0.05, 0.1) is 11.6 Å². The van der Waals surface area contributed by atoms with Crippen molar-refractivity contribution in [3.8, 4) is 29.9 Å². The fourth-order valence-electron chi connectivity index (χ4n) is 2.18. The molecule has 2 aromatic rings. The lowest BCUT2D eigenvalue weighted by Crippen LogP contribution is -2.23. The SMILES string of the molecule is C#CCOc1ccc(/C=C(/C#N)C(=O)NCc2ccc(OC)cc2)cc1Br. The van der Waals surface area contributed by atoms with Crippen LogP contribution in [0.3, 0.4) is 0 Å². The Bertz CT molecular complexity index is 922. The van der Waals surface area contributed by atoms with E-state index >= 15 is 0 Å². The summed E-state index contributed by atoms with van der Waals surface area (Å²) < 4.78 is 11.1. The van der Waals surface area contributed by atoms with Crippen molar-refractivity contribution in [2.75, 3.05) is 13.7 Å². The van der Waals surface area contributed by atoms with Crippen molar-refractivity contribution in [2.45, 2.75) is 6.54 Å². The highest BCUT2D eigenvalue weighted by atomic mass is 79.9. The quantitative estimate of drug-likeness (QED) is 0.417. The van der Waals surface area contributed by atoms with E-state index in [1.165, 1.54) is 6.08 Å². The summed E-state index contributed by atoms with van der Waals surface area (Å²) in [5.41, 5.74) is 1.60. The maximum Gasteiger partial charge on any atom is 0.262 e. The second-order valence-corrected chi connectivity index (χ2v) is 6.24. The lowest BCUT2D eigenvalue weighted by molar-refractivity contribution is -0.117. The van der Waals surface area contributed by atoms with Crippen LogP contribution >= 0.6 is 15.9 Å². The topological polar surface area (TPSA) is 71.3 Å². The molecule has 6 heteroatoms. The third-order valence-corrected chi connectivity index (χ3v) is 4.17. The van der Waals surface area contributed by atoms with E-state index in [1.807, 2.05) is 30.3 Å². The molecule has 0 fully saturated rings. The Labute approximate surface area is 166 Å². The molecule has 2 aromatic carbocycles. The van der Waals surface area contributed by atoms with E-state index in [9.17, 15) is 10.1 Å². The average Bonchev–Trinajstić information content (AvgIpc) is 2.70. The van der Waals surface area contributed by atoms with E-state index in [4.69, 9.17) is 15.9 Å². The molecule has 2 rings (SSSR count). The first kappa shape index (κ1) is 20.1. The first-order valence-corrected chi connectivity index (χ1v) is 8.75. The molecule has 0 aliphatic carbocycles. The molecule has 0 heterocycles. The summed E-state index contributed by atoms with van der Waals surface area (Å²) >= 11 is 3.38. The maximum absolute atomic E-state index is 12.3. The Hall–Kier alpha value is -3.22. The van der Waals surface area contributed by atoms with Crippen molar-refractivity contribution >= 4 is 27.9 Å². The van der Waals surface area contributed by atoms with E-state index in [1.54, 1.807) is 25.3 Å². The minimum absolute atomic E-state index is 0.00713. The molecule has 0 spiro atoms. The molecule has 0 aliphatic heterocycles. The first-order chi connectivity index (χ1) is 13.1. The van der Waals surface area contributed by atoms with Crippen LogP contribution in [-0.4, -0.2) is 19.6 Å². The van der Waals surface area contributed by atoms with Crippen LogP contribution in [-0.2, 0) is 11.3 Å². The molecule has 0 aromatic heterocycles. The van der Waals surface area contributed by atoms with Gasteiger partial charge in [0.2, 0.25) is 0 Å². The van der Waals surface area contributed by atoms with E-state index in [0.29, 0.717) is 22.3 Å². The molecule has 0 unspecified atom stereocenters. The lowest BCUT2D eigenvalue weighted by atomic mass is 10.1. The van der Waals surface area contributed by atoms with Crippen molar-refractivity contribution < 1.29 is 14.3 Å². The summed E-state index contributed by atoms with van der Waals surface area (Å²) in [5, 5.41) is 12.0. The molecular formula is C21H17BrN2O3. The number of hydrogen-bond donors (Lipinski definition) is 1. The Morgan fingerprint density at radius 3 is 2.63 bits per heavy atom. The van der Waals surface area contributed by atoms with Crippen LogP contribution in [0, 0.1) is 23.7 Å². The highest BCUT2D eigenvalue weighted by Gasteiger charge is 2.10. The monoisotopic (exact) mass is 424 g/mol. The zero-order valence-electron chi connectivity index (χ0n) is 14.7. The zero-order valence-corrected chi connectivity index (χ0v) is 16.2. The largest absolute Gasteiger partial charge is 0.497 e. The van der Waals surface area contributed by atoms with Crippen LogP contribution in [0.2, 0.25) is 0 Å². The molecule has 1 N–H and O–H groups in total. The molecule has 27 heavy (non-hydrogen) atoms. The van der Waals surface area contributed by atoms with Crippen molar-refractivity contribution in [3.05, 3.63) is 63.6 Å². The Morgan fingerprint density at radius 1 is 1.30 bits per heavy atom. The molecule has 0 saturated carbocycles. The number of carbonyl (C=O) groups is 1. The number of nitrogens with zero attached hydrogens (tertiary/aromatic N) is 1. The summed E-state index contributed by atoms with van der Waals surface area (Å²) in [6.07, 6.45) is 6.68. The van der Waals surface area contributed by atoms with Gasteiger partial charge in [0.25, 0.3) is 5.91 Å². The number of terminal acetylenes is 1. The van der Waals surface area contributed by atoms with Gasteiger partial charge < -0.3 is 14.8 Å². The van der Waals surface area contributed by atoms with Crippen LogP contribution in [0.4, 0.5) is 0 Å². The smallest absolute Gasteiger partial charge is 0.262 e.